The van der Waals surface area contributed by atoms with E-state index in [1.165, 1.54) is 13.2 Å². The number of rotatable bonds is 8. The molecule has 0 saturated carbocycles. The molecule has 0 radical (unpaired) electrons. The van der Waals surface area contributed by atoms with Crippen LogP contribution in [0.2, 0.25) is 0 Å². The monoisotopic (exact) mass is 541 g/mol. The molecule has 9 nitrogen and oxygen atoms in total. The Labute approximate surface area is 222 Å². The molecule has 4 aromatic rings. The van der Waals surface area contributed by atoms with Crippen molar-refractivity contribution in [2.75, 3.05) is 31.8 Å². The molecule has 12 heteroatoms. The third-order valence-corrected chi connectivity index (χ3v) is 5.33. The maximum Gasteiger partial charge on any atom is 0.573 e. The second-order valence-corrected chi connectivity index (χ2v) is 8.75. The summed E-state index contributed by atoms with van der Waals surface area (Å²) in [5, 5.41) is 6.62. The molecule has 0 atom stereocenters. The van der Waals surface area contributed by atoms with Crippen LogP contribution in [0.3, 0.4) is 0 Å². The molecular formula is C27H26F3N5O4. The first-order valence-electron chi connectivity index (χ1n) is 11.7. The van der Waals surface area contributed by atoms with Crippen LogP contribution in [0.15, 0.2) is 60.7 Å². The van der Waals surface area contributed by atoms with E-state index < -0.39 is 18.1 Å². The number of methoxy groups -OCH3 is 1. The molecule has 4 rings (SSSR count). The summed E-state index contributed by atoms with van der Waals surface area (Å²) in [6, 6.07) is 15.0. The molecule has 1 heterocycles. The Bertz CT molecular complexity index is 1490. The van der Waals surface area contributed by atoms with Gasteiger partial charge in [-0.1, -0.05) is 24.3 Å². The quantitative estimate of drug-likeness (QED) is 0.269. The van der Waals surface area contributed by atoms with Crippen molar-refractivity contribution in [1.82, 2.24) is 14.9 Å². The molecule has 0 fully saturated rings. The number of amides is 2. The standard InChI is InChI=1S/C27H26F3N5O4/c1-16-13-25(34-24(31-16)15-35(2)3)38-22-12-10-20(18-7-5-6-8-19(18)22)32-26(36)33-21-14-17(39-27(28,29)30)9-11-23(21)37-4/h5-14H,15H2,1-4H3,(H2,32,33,36). The van der Waals surface area contributed by atoms with Gasteiger partial charge in [0.15, 0.2) is 0 Å². The second kappa shape index (κ2) is 11.4. The average molecular weight is 542 g/mol. The van der Waals surface area contributed by atoms with Gasteiger partial charge in [0, 0.05) is 28.6 Å². The number of alkyl halides is 3. The average Bonchev–Trinajstić information content (AvgIpc) is 2.84. The Hall–Kier alpha value is -4.58. The summed E-state index contributed by atoms with van der Waals surface area (Å²) in [6.07, 6.45) is -4.88. The molecule has 2 amide bonds. The van der Waals surface area contributed by atoms with Crippen molar-refractivity contribution in [2.24, 2.45) is 0 Å². The topological polar surface area (TPSA) is 97.8 Å². The predicted molar refractivity (Wildman–Crippen MR) is 141 cm³/mol. The minimum atomic E-state index is -4.88. The minimum absolute atomic E-state index is 0.00586. The first kappa shape index (κ1) is 27.5. The summed E-state index contributed by atoms with van der Waals surface area (Å²) < 4.78 is 53.1. The highest BCUT2D eigenvalue weighted by atomic mass is 19.4. The highest BCUT2D eigenvalue weighted by Gasteiger charge is 2.31. The lowest BCUT2D eigenvalue weighted by atomic mass is 10.1. The van der Waals surface area contributed by atoms with E-state index in [2.05, 4.69) is 25.3 Å². The molecule has 0 spiro atoms. The zero-order valence-electron chi connectivity index (χ0n) is 21.6. The van der Waals surface area contributed by atoms with Gasteiger partial charge in [0.25, 0.3) is 0 Å². The normalized spacial score (nSPS) is 11.4. The fraction of sp³-hybridized carbons (Fsp3) is 0.222. The third kappa shape index (κ3) is 7.26. The number of fused-ring (bicyclic) bond motifs is 1. The van der Waals surface area contributed by atoms with Gasteiger partial charge in [-0.2, -0.15) is 4.98 Å². The van der Waals surface area contributed by atoms with Crippen molar-refractivity contribution in [3.63, 3.8) is 0 Å². The van der Waals surface area contributed by atoms with Crippen LogP contribution in [0.25, 0.3) is 10.8 Å². The number of benzene rings is 3. The van der Waals surface area contributed by atoms with Crippen molar-refractivity contribution < 1.29 is 32.2 Å². The van der Waals surface area contributed by atoms with Gasteiger partial charge in [0.05, 0.1) is 25.0 Å². The number of halogens is 3. The number of hydrogen-bond acceptors (Lipinski definition) is 7. The fourth-order valence-corrected chi connectivity index (χ4v) is 3.84. The smallest absolute Gasteiger partial charge is 0.495 e. The number of carbonyl (C=O) groups excluding carboxylic acids is 1. The summed E-state index contributed by atoms with van der Waals surface area (Å²) in [6.45, 7) is 2.41. The van der Waals surface area contributed by atoms with Gasteiger partial charge in [-0.25, -0.2) is 9.78 Å². The number of ether oxygens (including phenoxy) is 3. The van der Waals surface area contributed by atoms with Gasteiger partial charge < -0.3 is 29.7 Å². The van der Waals surface area contributed by atoms with Gasteiger partial charge in [0.1, 0.15) is 23.1 Å². The van der Waals surface area contributed by atoms with E-state index in [4.69, 9.17) is 9.47 Å². The first-order valence-corrected chi connectivity index (χ1v) is 11.7. The minimum Gasteiger partial charge on any atom is -0.495 e. The van der Waals surface area contributed by atoms with Crippen LogP contribution in [0.5, 0.6) is 23.1 Å². The van der Waals surface area contributed by atoms with Crippen molar-refractivity contribution in [3.05, 3.63) is 72.2 Å². The van der Waals surface area contributed by atoms with Gasteiger partial charge in [-0.3, -0.25) is 0 Å². The number of nitrogens with one attached hydrogen (secondary N) is 2. The lowest BCUT2D eigenvalue weighted by Gasteiger charge is -2.16. The molecule has 0 aliphatic rings. The van der Waals surface area contributed by atoms with Gasteiger partial charge in [-0.15, -0.1) is 13.2 Å². The molecule has 3 aromatic carbocycles. The molecule has 39 heavy (non-hydrogen) atoms. The Morgan fingerprint density at radius 2 is 1.62 bits per heavy atom. The zero-order valence-corrected chi connectivity index (χ0v) is 21.6. The van der Waals surface area contributed by atoms with Crippen LogP contribution in [-0.4, -0.2) is 48.5 Å². The molecule has 0 bridgehead atoms. The van der Waals surface area contributed by atoms with E-state index in [1.54, 1.807) is 30.3 Å². The SMILES string of the molecule is COc1ccc(OC(F)(F)F)cc1NC(=O)Nc1ccc(Oc2cc(C)nc(CN(C)C)n2)c2ccccc12. The van der Waals surface area contributed by atoms with Crippen molar-refractivity contribution in [3.8, 4) is 23.1 Å². The fourth-order valence-electron chi connectivity index (χ4n) is 3.84. The van der Waals surface area contributed by atoms with Crippen LogP contribution < -0.4 is 24.8 Å². The molecule has 1 aromatic heterocycles. The first-order chi connectivity index (χ1) is 18.5. The molecule has 2 N–H and O–H groups in total. The largest absolute Gasteiger partial charge is 0.573 e. The van der Waals surface area contributed by atoms with Crippen molar-refractivity contribution >= 4 is 28.2 Å². The van der Waals surface area contributed by atoms with Crippen LogP contribution in [0.4, 0.5) is 29.3 Å². The van der Waals surface area contributed by atoms with Crippen LogP contribution >= 0.6 is 0 Å². The number of hydrogen-bond donors (Lipinski definition) is 2. The molecule has 0 saturated heterocycles. The summed E-state index contributed by atoms with van der Waals surface area (Å²) in [5.41, 5.74) is 1.20. The Kier molecular flexibility index (Phi) is 8.05. The Morgan fingerprint density at radius 1 is 0.923 bits per heavy atom. The number of nitrogens with zero attached hydrogens (tertiary/aromatic N) is 3. The van der Waals surface area contributed by atoms with E-state index in [9.17, 15) is 18.0 Å². The van der Waals surface area contributed by atoms with Gasteiger partial charge >= 0.3 is 12.4 Å². The van der Waals surface area contributed by atoms with Gasteiger partial charge in [-0.05, 0) is 45.3 Å². The zero-order chi connectivity index (χ0) is 28.2. The predicted octanol–water partition coefficient (Wildman–Crippen LogP) is 6.34. The summed E-state index contributed by atoms with van der Waals surface area (Å²) in [4.78, 5) is 23.7. The third-order valence-electron chi connectivity index (χ3n) is 5.33. The number of aryl methyl sites for hydroxylation is 1. The highest BCUT2D eigenvalue weighted by Crippen LogP contribution is 2.35. The van der Waals surface area contributed by atoms with Crippen LogP contribution in [0.1, 0.15) is 11.5 Å². The summed E-state index contributed by atoms with van der Waals surface area (Å²) >= 11 is 0. The molecular weight excluding hydrogens is 515 g/mol. The molecule has 0 aliphatic carbocycles. The molecule has 0 unspecified atom stereocenters. The lowest BCUT2D eigenvalue weighted by Crippen LogP contribution is -2.21. The van der Waals surface area contributed by atoms with Crippen molar-refractivity contribution in [2.45, 2.75) is 19.8 Å². The Morgan fingerprint density at radius 3 is 2.31 bits per heavy atom. The van der Waals surface area contributed by atoms with Gasteiger partial charge in [0.2, 0.25) is 5.88 Å². The van der Waals surface area contributed by atoms with E-state index in [1.807, 2.05) is 38.1 Å². The number of aromatic nitrogens is 2. The van der Waals surface area contributed by atoms with Crippen LogP contribution in [0, 0.1) is 6.92 Å². The van der Waals surface area contributed by atoms with E-state index in [0.717, 1.165) is 17.8 Å². The summed E-state index contributed by atoms with van der Waals surface area (Å²) in [5.74, 6) is 1.18. The number of urea groups is 1. The summed E-state index contributed by atoms with van der Waals surface area (Å²) in [7, 11) is 5.17. The highest BCUT2D eigenvalue weighted by molar-refractivity contribution is 6.08. The van der Waals surface area contributed by atoms with Crippen molar-refractivity contribution in [1.29, 1.82) is 0 Å². The maximum absolute atomic E-state index is 12.8. The van der Waals surface area contributed by atoms with E-state index >= 15 is 0 Å². The lowest BCUT2D eigenvalue weighted by molar-refractivity contribution is -0.274. The Balaban J connectivity index is 1.57. The molecule has 204 valence electrons. The maximum atomic E-state index is 12.8. The van der Waals surface area contributed by atoms with E-state index in [-0.39, 0.29) is 11.4 Å². The number of carbonyl (C=O) groups is 1. The van der Waals surface area contributed by atoms with E-state index in [0.29, 0.717) is 40.5 Å². The number of anilines is 2. The molecule has 0 aliphatic heterocycles. The van der Waals surface area contributed by atoms with Crippen LogP contribution in [-0.2, 0) is 6.54 Å². The second-order valence-electron chi connectivity index (χ2n) is 8.75.